The van der Waals surface area contributed by atoms with Crippen LogP contribution in [0.15, 0.2) is 28.7 Å². The molecule has 0 fully saturated rings. The Kier molecular flexibility index (Phi) is 1.83. The van der Waals surface area contributed by atoms with E-state index in [0.717, 1.165) is 0 Å². The van der Waals surface area contributed by atoms with E-state index in [1.807, 2.05) is 0 Å². The van der Waals surface area contributed by atoms with Crippen LogP contribution in [-0.4, -0.2) is 4.98 Å². The fraction of sp³-hybridized carbons (Fsp3) is 0.125. The molecule has 0 bridgehead atoms. The van der Waals surface area contributed by atoms with Gasteiger partial charge in [0.1, 0.15) is 5.52 Å². The van der Waals surface area contributed by atoms with Gasteiger partial charge in [-0.1, -0.05) is 12.1 Å². The minimum Gasteiger partial charge on any atom is -0.434 e. The number of rotatable bonds is 1. The first-order valence-electron chi connectivity index (χ1n) is 3.50. The van der Waals surface area contributed by atoms with E-state index in [0.29, 0.717) is 11.1 Å². The number of benzene rings is 1. The number of para-hydroxylation sites is 2. The summed E-state index contributed by atoms with van der Waals surface area (Å²) in [4.78, 5) is 0.418. The van der Waals surface area contributed by atoms with Crippen LogP contribution < -0.4 is 0 Å². The highest BCUT2D eigenvalue weighted by Gasteiger charge is 2.33. The highest BCUT2D eigenvalue weighted by molar-refractivity contribution is 9.09. The Balaban J connectivity index is 2.63. The summed E-state index contributed by atoms with van der Waals surface area (Å²) in [7, 11) is 0. The summed E-state index contributed by atoms with van der Waals surface area (Å²) in [5, 5.41) is 0. The van der Waals surface area contributed by atoms with Crippen LogP contribution in [0, 0.1) is 0 Å². The Hall–Kier alpha value is -0.970. The van der Waals surface area contributed by atoms with Crippen molar-refractivity contribution >= 4 is 27.0 Å². The van der Waals surface area contributed by atoms with E-state index in [2.05, 4.69) is 20.9 Å². The van der Waals surface area contributed by atoms with Crippen molar-refractivity contribution in [2.75, 3.05) is 0 Å². The number of fused-ring (bicyclic) bond motifs is 1. The second-order valence-electron chi connectivity index (χ2n) is 2.48. The van der Waals surface area contributed by atoms with Gasteiger partial charge < -0.3 is 4.42 Å². The molecule has 68 valence electrons. The molecule has 0 radical (unpaired) electrons. The SMILES string of the molecule is FC(F)(Br)c1nc2ccccc2o1. The summed E-state index contributed by atoms with van der Waals surface area (Å²) >= 11 is 2.18. The molecule has 0 N–H and O–H groups in total. The van der Waals surface area contributed by atoms with Gasteiger partial charge in [0.2, 0.25) is 0 Å². The van der Waals surface area contributed by atoms with Gasteiger partial charge in [0.15, 0.2) is 5.58 Å². The van der Waals surface area contributed by atoms with E-state index < -0.39 is 10.7 Å². The zero-order valence-electron chi connectivity index (χ0n) is 6.30. The lowest BCUT2D eigenvalue weighted by Crippen LogP contribution is -2.01. The average molecular weight is 248 g/mol. The quantitative estimate of drug-likeness (QED) is 0.724. The molecule has 0 atom stereocenters. The normalized spacial score (nSPS) is 12.2. The second-order valence-corrected chi connectivity index (χ2v) is 3.48. The van der Waals surface area contributed by atoms with Gasteiger partial charge >= 0.3 is 4.83 Å². The lowest BCUT2D eigenvalue weighted by Gasteiger charge is -1.99. The molecule has 0 aliphatic rings. The van der Waals surface area contributed by atoms with E-state index in [4.69, 9.17) is 4.42 Å². The number of nitrogens with zero attached hydrogens (tertiary/aromatic N) is 1. The molecule has 0 aliphatic carbocycles. The zero-order chi connectivity index (χ0) is 9.47. The van der Waals surface area contributed by atoms with Crippen LogP contribution in [0.1, 0.15) is 5.89 Å². The van der Waals surface area contributed by atoms with Crippen molar-refractivity contribution in [3.63, 3.8) is 0 Å². The van der Waals surface area contributed by atoms with Crippen LogP contribution in [0.5, 0.6) is 0 Å². The van der Waals surface area contributed by atoms with Gasteiger partial charge in [-0.25, -0.2) is 4.98 Å². The molecule has 0 amide bonds. The van der Waals surface area contributed by atoms with Gasteiger partial charge in [0.25, 0.3) is 5.89 Å². The van der Waals surface area contributed by atoms with Crippen molar-refractivity contribution in [2.24, 2.45) is 0 Å². The topological polar surface area (TPSA) is 26.0 Å². The molecule has 0 unspecified atom stereocenters. The van der Waals surface area contributed by atoms with Crippen molar-refractivity contribution < 1.29 is 13.2 Å². The molecule has 0 saturated heterocycles. The Morgan fingerprint density at radius 3 is 2.62 bits per heavy atom. The van der Waals surface area contributed by atoms with E-state index in [1.54, 1.807) is 24.3 Å². The predicted molar refractivity (Wildman–Crippen MR) is 46.8 cm³/mol. The zero-order valence-corrected chi connectivity index (χ0v) is 7.88. The Bertz CT molecular complexity index is 402. The summed E-state index contributed by atoms with van der Waals surface area (Å²) in [6.45, 7) is 0. The average Bonchev–Trinajstić information content (AvgIpc) is 2.45. The van der Waals surface area contributed by atoms with E-state index >= 15 is 0 Å². The van der Waals surface area contributed by atoms with Crippen LogP contribution in [0.3, 0.4) is 0 Å². The van der Waals surface area contributed by atoms with E-state index in [-0.39, 0.29) is 0 Å². The van der Waals surface area contributed by atoms with Crippen LogP contribution >= 0.6 is 15.9 Å². The van der Waals surface area contributed by atoms with Crippen LogP contribution in [0.2, 0.25) is 0 Å². The highest BCUT2D eigenvalue weighted by Crippen LogP contribution is 2.35. The smallest absolute Gasteiger partial charge is 0.375 e. The first-order chi connectivity index (χ1) is 6.07. The number of hydrogen-bond donors (Lipinski definition) is 0. The first kappa shape index (κ1) is 8.62. The lowest BCUT2D eigenvalue weighted by molar-refractivity contribution is 0.0824. The van der Waals surface area contributed by atoms with Crippen molar-refractivity contribution in [1.82, 2.24) is 4.98 Å². The standard InChI is InChI=1S/C8H4BrF2NO/c9-8(10,11)7-12-5-3-1-2-4-6(5)13-7/h1-4H. The number of halogens is 3. The van der Waals surface area contributed by atoms with Crippen molar-refractivity contribution in [2.45, 2.75) is 4.83 Å². The van der Waals surface area contributed by atoms with Crippen molar-refractivity contribution in [1.29, 1.82) is 0 Å². The molecular formula is C8H4BrF2NO. The molecule has 1 heterocycles. The van der Waals surface area contributed by atoms with Gasteiger partial charge in [-0.3, -0.25) is 0 Å². The molecule has 5 heteroatoms. The number of hydrogen-bond acceptors (Lipinski definition) is 2. The summed E-state index contributed by atoms with van der Waals surface area (Å²) < 4.78 is 30.1. The molecule has 2 nitrogen and oxygen atoms in total. The van der Waals surface area contributed by atoms with Gasteiger partial charge in [-0.05, 0) is 12.1 Å². The molecule has 2 rings (SSSR count). The summed E-state index contributed by atoms with van der Waals surface area (Å²) in [6.07, 6.45) is 0. The molecule has 0 saturated carbocycles. The Morgan fingerprint density at radius 2 is 2.00 bits per heavy atom. The third-order valence-corrected chi connectivity index (χ3v) is 1.88. The highest BCUT2D eigenvalue weighted by atomic mass is 79.9. The monoisotopic (exact) mass is 247 g/mol. The van der Waals surface area contributed by atoms with Gasteiger partial charge in [0, 0.05) is 15.9 Å². The minimum absolute atomic E-state index is 0.358. The maximum atomic E-state index is 12.7. The fourth-order valence-corrected chi connectivity index (χ4v) is 1.16. The number of aromatic nitrogens is 1. The fourth-order valence-electron chi connectivity index (χ4n) is 0.993. The predicted octanol–water partition coefficient (Wildman–Crippen LogP) is 3.27. The third-order valence-electron chi connectivity index (χ3n) is 1.54. The number of oxazole rings is 1. The molecule has 1 aromatic heterocycles. The molecule has 0 aliphatic heterocycles. The van der Waals surface area contributed by atoms with Gasteiger partial charge in [-0.15, -0.1) is 0 Å². The first-order valence-corrected chi connectivity index (χ1v) is 4.29. The number of alkyl halides is 3. The van der Waals surface area contributed by atoms with E-state index in [1.165, 1.54) is 0 Å². The van der Waals surface area contributed by atoms with Gasteiger partial charge in [0.05, 0.1) is 0 Å². The van der Waals surface area contributed by atoms with Crippen molar-refractivity contribution in [3.05, 3.63) is 30.2 Å². The molecule has 1 aromatic carbocycles. The molecule has 2 aromatic rings. The van der Waals surface area contributed by atoms with E-state index in [9.17, 15) is 8.78 Å². The maximum Gasteiger partial charge on any atom is 0.375 e. The van der Waals surface area contributed by atoms with Crippen LogP contribution in [0.25, 0.3) is 11.1 Å². The summed E-state index contributed by atoms with van der Waals surface area (Å²) in [5.41, 5.74) is 0.785. The Labute approximate surface area is 80.7 Å². The molecular weight excluding hydrogens is 244 g/mol. The Morgan fingerprint density at radius 1 is 1.31 bits per heavy atom. The second kappa shape index (κ2) is 2.77. The summed E-state index contributed by atoms with van der Waals surface area (Å²) in [5.74, 6) is -0.617. The molecule has 0 spiro atoms. The van der Waals surface area contributed by atoms with Crippen LogP contribution in [0.4, 0.5) is 8.78 Å². The van der Waals surface area contributed by atoms with Gasteiger partial charge in [-0.2, -0.15) is 8.78 Å². The van der Waals surface area contributed by atoms with Crippen molar-refractivity contribution in [3.8, 4) is 0 Å². The third kappa shape index (κ3) is 1.56. The van der Waals surface area contributed by atoms with Crippen LogP contribution in [-0.2, 0) is 4.83 Å². The molecule has 13 heavy (non-hydrogen) atoms. The summed E-state index contributed by atoms with van der Waals surface area (Å²) in [6, 6.07) is 6.61. The lowest BCUT2D eigenvalue weighted by atomic mass is 10.3. The largest absolute Gasteiger partial charge is 0.434 e. The maximum absolute atomic E-state index is 12.7. The minimum atomic E-state index is -3.20.